The molecule has 6 nitrogen and oxygen atoms in total. The van der Waals surface area contributed by atoms with E-state index in [-0.39, 0.29) is 23.1 Å². The van der Waals surface area contributed by atoms with E-state index in [0.717, 1.165) is 30.8 Å². The Kier molecular flexibility index (Phi) is 4.89. The molecule has 148 valence electrons. The lowest BCUT2D eigenvalue weighted by molar-refractivity contribution is -0.117. The van der Waals surface area contributed by atoms with Gasteiger partial charge in [0.15, 0.2) is 0 Å². The van der Waals surface area contributed by atoms with E-state index in [1.165, 1.54) is 11.3 Å². The number of hydrogen-bond donors (Lipinski definition) is 1. The van der Waals surface area contributed by atoms with Crippen LogP contribution in [0.25, 0.3) is 0 Å². The summed E-state index contributed by atoms with van der Waals surface area (Å²) < 4.78 is 28.2. The highest BCUT2D eigenvalue weighted by atomic mass is 32.2. The molecule has 1 fully saturated rings. The maximum absolute atomic E-state index is 12.7. The predicted molar refractivity (Wildman–Crippen MR) is 110 cm³/mol. The van der Waals surface area contributed by atoms with Crippen LogP contribution in [-0.4, -0.2) is 41.0 Å². The third-order valence-electron chi connectivity index (χ3n) is 5.65. The maximum Gasteiger partial charge on any atom is 0.240 e. The summed E-state index contributed by atoms with van der Waals surface area (Å²) in [6, 6.07) is 13.3. The summed E-state index contributed by atoms with van der Waals surface area (Å²) in [4.78, 5) is 15.9. The second-order valence-electron chi connectivity index (χ2n) is 7.71. The molecule has 7 heteroatoms. The number of sulfonamides is 1. The smallest absolute Gasteiger partial charge is 0.240 e. The average Bonchev–Trinajstić information content (AvgIpc) is 3.25. The van der Waals surface area contributed by atoms with Crippen LogP contribution in [-0.2, 0) is 21.2 Å². The van der Waals surface area contributed by atoms with Gasteiger partial charge in [-0.1, -0.05) is 12.1 Å². The molecule has 1 atom stereocenters. The van der Waals surface area contributed by atoms with Gasteiger partial charge in [0.05, 0.1) is 11.3 Å². The highest BCUT2D eigenvalue weighted by Crippen LogP contribution is 2.30. The van der Waals surface area contributed by atoms with Crippen LogP contribution in [0.1, 0.15) is 17.5 Å². The molecule has 2 aromatic rings. The number of nitrogens with one attached hydrogen (secondary N) is 1. The zero-order valence-corrected chi connectivity index (χ0v) is 17.0. The van der Waals surface area contributed by atoms with Crippen molar-refractivity contribution in [2.24, 2.45) is 5.92 Å². The highest BCUT2D eigenvalue weighted by molar-refractivity contribution is 7.89. The van der Waals surface area contributed by atoms with Crippen LogP contribution in [0.2, 0.25) is 0 Å². The van der Waals surface area contributed by atoms with Gasteiger partial charge in [-0.15, -0.1) is 0 Å². The molecule has 2 aliphatic rings. The van der Waals surface area contributed by atoms with Crippen LogP contribution >= 0.6 is 0 Å². The van der Waals surface area contributed by atoms with Gasteiger partial charge in [0, 0.05) is 38.1 Å². The Labute approximate surface area is 166 Å². The molecule has 1 unspecified atom stereocenters. The molecule has 28 heavy (non-hydrogen) atoms. The lowest BCUT2D eigenvalue weighted by Gasteiger charge is -2.19. The Bertz CT molecular complexity index is 1020. The molecule has 0 saturated carbocycles. The summed E-state index contributed by atoms with van der Waals surface area (Å²) in [5, 5.41) is 0. The number of hydrogen-bond acceptors (Lipinski definition) is 4. The van der Waals surface area contributed by atoms with E-state index in [1.54, 1.807) is 30.1 Å². The number of anilines is 2. The number of amides is 1. The van der Waals surface area contributed by atoms with Gasteiger partial charge >= 0.3 is 0 Å². The van der Waals surface area contributed by atoms with Crippen LogP contribution in [0.5, 0.6) is 0 Å². The summed E-state index contributed by atoms with van der Waals surface area (Å²) in [5.41, 5.74) is 3.97. The molecule has 2 aromatic carbocycles. The monoisotopic (exact) mass is 399 g/mol. The molecule has 0 spiro atoms. The minimum atomic E-state index is -3.59. The minimum absolute atomic E-state index is 0.0142. The van der Waals surface area contributed by atoms with Gasteiger partial charge in [-0.05, 0) is 60.7 Å². The number of aryl methyl sites for hydroxylation is 1. The van der Waals surface area contributed by atoms with Gasteiger partial charge in [-0.2, -0.15) is 0 Å². The van der Waals surface area contributed by atoms with E-state index in [4.69, 9.17) is 0 Å². The Morgan fingerprint density at radius 1 is 1.18 bits per heavy atom. The highest BCUT2D eigenvalue weighted by Gasteiger charge is 2.28. The largest absolute Gasteiger partial charge is 0.371 e. The van der Waals surface area contributed by atoms with Gasteiger partial charge in [0.2, 0.25) is 15.9 Å². The third-order valence-corrected chi connectivity index (χ3v) is 7.07. The molecule has 0 aliphatic carbocycles. The number of likely N-dealkylation sites (N-methyl/N-ethyl adjacent to an activating group) is 1. The molecule has 2 heterocycles. The van der Waals surface area contributed by atoms with Crippen molar-refractivity contribution in [1.82, 2.24) is 4.72 Å². The van der Waals surface area contributed by atoms with E-state index >= 15 is 0 Å². The fourth-order valence-electron chi connectivity index (χ4n) is 3.98. The van der Waals surface area contributed by atoms with Gasteiger partial charge in [0.25, 0.3) is 0 Å². The topological polar surface area (TPSA) is 69.7 Å². The molecule has 2 aliphatic heterocycles. The first-order valence-electron chi connectivity index (χ1n) is 9.54. The maximum atomic E-state index is 12.7. The second-order valence-corrected chi connectivity index (χ2v) is 9.48. The first-order chi connectivity index (χ1) is 13.3. The Morgan fingerprint density at radius 2 is 2.00 bits per heavy atom. The number of carbonyl (C=O) groups is 1. The van der Waals surface area contributed by atoms with E-state index in [0.29, 0.717) is 6.54 Å². The molecular formula is C21H25N3O3S. The van der Waals surface area contributed by atoms with Crippen molar-refractivity contribution >= 4 is 27.3 Å². The fourth-order valence-corrected chi connectivity index (χ4v) is 5.15. The Balaban J connectivity index is 1.40. The van der Waals surface area contributed by atoms with Crippen molar-refractivity contribution in [2.45, 2.75) is 24.7 Å². The molecule has 4 rings (SSSR count). The van der Waals surface area contributed by atoms with Gasteiger partial charge < -0.3 is 9.80 Å². The molecule has 1 amide bonds. The summed E-state index contributed by atoms with van der Waals surface area (Å²) in [5.74, 6) is 0.261. The predicted octanol–water partition coefficient (Wildman–Crippen LogP) is 2.32. The van der Waals surface area contributed by atoms with E-state index in [2.05, 4.69) is 40.8 Å². The van der Waals surface area contributed by atoms with Crippen LogP contribution in [0.4, 0.5) is 11.4 Å². The van der Waals surface area contributed by atoms with Crippen LogP contribution in [0.3, 0.4) is 0 Å². The van der Waals surface area contributed by atoms with Crippen LogP contribution < -0.4 is 14.5 Å². The summed E-state index contributed by atoms with van der Waals surface area (Å²) in [6.45, 7) is 4.27. The van der Waals surface area contributed by atoms with Crippen molar-refractivity contribution in [3.63, 3.8) is 0 Å². The lowest BCUT2D eigenvalue weighted by Crippen LogP contribution is -2.31. The van der Waals surface area contributed by atoms with E-state index < -0.39 is 10.0 Å². The average molecular weight is 400 g/mol. The molecule has 1 N–H and O–H groups in total. The van der Waals surface area contributed by atoms with Crippen LogP contribution in [0.15, 0.2) is 47.4 Å². The molecule has 0 radical (unpaired) electrons. The first kappa shape index (κ1) is 19.0. The summed E-state index contributed by atoms with van der Waals surface area (Å²) in [7, 11) is -1.88. The second kappa shape index (κ2) is 7.22. The molecule has 0 bridgehead atoms. The standard InChI is InChI=1S/C21H25N3O3S/c1-15-4-3-5-18(10-15)24-9-8-16(14-24)13-22-28(26,27)19-6-7-20-17(11-19)12-21(25)23(20)2/h3-7,10-11,16,22H,8-9,12-14H2,1-2H3. The van der Waals surface area contributed by atoms with Crippen molar-refractivity contribution in [3.05, 3.63) is 53.6 Å². The molecule has 1 saturated heterocycles. The Hall–Kier alpha value is -2.38. The van der Waals surface area contributed by atoms with Crippen molar-refractivity contribution in [1.29, 1.82) is 0 Å². The lowest BCUT2D eigenvalue weighted by atomic mass is 10.1. The summed E-state index contributed by atoms with van der Waals surface area (Å²) in [6.07, 6.45) is 1.21. The molecular weight excluding hydrogens is 374 g/mol. The number of nitrogens with zero attached hydrogens (tertiary/aromatic N) is 2. The van der Waals surface area contributed by atoms with Gasteiger partial charge in [0.1, 0.15) is 0 Å². The quantitative estimate of drug-likeness (QED) is 0.838. The minimum Gasteiger partial charge on any atom is -0.371 e. The van der Waals surface area contributed by atoms with E-state index in [1.807, 2.05) is 0 Å². The van der Waals surface area contributed by atoms with Crippen LogP contribution in [0, 0.1) is 12.8 Å². The van der Waals surface area contributed by atoms with Crippen molar-refractivity contribution in [3.8, 4) is 0 Å². The zero-order chi connectivity index (χ0) is 19.9. The van der Waals surface area contributed by atoms with Crippen molar-refractivity contribution < 1.29 is 13.2 Å². The number of rotatable bonds is 5. The van der Waals surface area contributed by atoms with Crippen molar-refractivity contribution in [2.75, 3.05) is 36.5 Å². The molecule has 0 aromatic heterocycles. The third kappa shape index (κ3) is 3.64. The fraction of sp³-hybridized carbons (Fsp3) is 0.381. The summed E-state index contributed by atoms with van der Waals surface area (Å²) >= 11 is 0. The van der Waals surface area contributed by atoms with Gasteiger partial charge in [-0.3, -0.25) is 4.79 Å². The van der Waals surface area contributed by atoms with Gasteiger partial charge in [-0.25, -0.2) is 13.1 Å². The number of fused-ring (bicyclic) bond motifs is 1. The Morgan fingerprint density at radius 3 is 2.79 bits per heavy atom. The normalized spacial score (nSPS) is 19.4. The van der Waals surface area contributed by atoms with E-state index in [9.17, 15) is 13.2 Å². The number of benzene rings is 2. The SMILES string of the molecule is Cc1cccc(N2CCC(CNS(=O)(=O)c3ccc4c(c3)CC(=O)N4C)C2)c1. The number of carbonyl (C=O) groups excluding carboxylic acids is 1. The zero-order valence-electron chi connectivity index (χ0n) is 16.2. The first-order valence-corrected chi connectivity index (χ1v) is 11.0.